The zero-order chi connectivity index (χ0) is 17.3. The Labute approximate surface area is 143 Å². The molecule has 0 saturated carbocycles. The van der Waals surface area contributed by atoms with Gasteiger partial charge < -0.3 is 9.64 Å². The van der Waals surface area contributed by atoms with Crippen LogP contribution in [-0.4, -0.2) is 18.3 Å². The van der Waals surface area contributed by atoms with Crippen LogP contribution in [-0.2, 0) is 11.3 Å². The SMILES string of the molecule is CCC1Oc2ccc(C=O)cc2N(Cc2c(F)cccc2Cl)C1=O. The van der Waals surface area contributed by atoms with Gasteiger partial charge in [-0.15, -0.1) is 0 Å². The number of halogens is 2. The maximum atomic E-state index is 14.1. The van der Waals surface area contributed by atoms with Gasteiger partial charge in [-0.05, 0) is 36.8 Å². The van der Waals surface area contributed by atoms with Gasteiger partial charge in [0.25, 0.3) is 5.91 Å². The summed E-state index contributed by atoms with van der Waals surface area (Å²) >= 11 is 6.09. The van der Waals surface area contributed by atoms with Gasteiger partial charge in [0.05, 0.1) is 12.2 Å². The van der Waals surface area contributed by atoms with Crippen LogP contribution in [0, 0.1) is 5.82 Å². The average molecular weight is 348 g/mol. The van der Waals surface area contributed by atoms with Crippen molar-refractivity contribution in [3.63, 3.8) is 0 Å². The lowest BCUT2D eigenvalue weighted by molar-refractivity contribution is -0.126. The maximum Gasteiger partial charge on any atom is 0.268 e. The first kappa shape index (κ1) is 16.5. The highest BCUT2D eigenvalue weighted by Crippen LogP contribution is 2.37. The van der Waals surface area contributed by atoms with Crippen LogP contribution in [0.15, 0.2) is 36.4 Å². The summed E-state index contributed by atoms with van der Waals surface area (Å²) in [6, 6.07) is 9.19. The monoisotopic (exact) mass is 347 g/mol. The van der Waals surface area contributed by atoms with E-state index in [2.05, 4.69) is 0 Å². The van der Waals surface area contributed by atoms with Crippen molar-refractivity contribution in [3.8, 4) is 5.75 Å². The number of hydrogen-bond donors (Lipinski definition) is 0. The molecule has 3 rings (SSSR count). The third kappa shape index (κ3) is 2.87. The molecule has 4 nitrogen and oxygen atoms in total. The third-order valence-electron chi connectivity index (χ3n) is 3.97. The lowest BCUT2D eigenvalue weighted by atomic mass is 10.1. The topological polar surface area (TPSA) is 46.6 Å². The summed E-state index contributed by atoms with van der Waals surface area (Å²) in [6.07, 6.45) is 0.519. The van der Waals surface area contributed by atoms with Crippen LogP contribution in [0.4, 0.5) is 10.1 Å². The molecule has 1 aliphatic rings. The smallest absolute Gasteiger partial charge is 0.268 e. The van der Waals surface area contributed by atoms with Gasteiger partial charge in [0.1, 0.15) is 17.9 Å². The standard InChI is InChI=1S/C18H15ClFNO3/c1-2-16-18(23)21(9-12-13(19)4-3-5-14(12)20)15-8-11(10-22)6-7-17(15)24-16/h3-8,10,16H,2,9H2,1H3. The normalized spacial score (nSPS) is 16.5. The maximum absolute atomic E-state index is 14.1. The number of nitrogens with zero attached hydrogens (tertiary/aromatic N) is 1. The Kier molecular flexibility index (Phi) is 4.53. The summed E-state index contributed by atoms with van der Waals surface area (Å²) in [5.41, 5.74) is 1.07. The minimum atomic E-state index is -0.648. The van der Waals surface area contributed by atoms with Crippen LogP contribution >= 0.6 is 11.6 Å². The zero-order valence-electron chi connectivity index (χ0n) is 13.0. The predicted molar refractivity (Wildman–Crippen MR) is 89.1 cm³/mol. The van der Waals surface area contributed by atoms with Crippen LogP contribution in [0.5, 0.6) is 5.75 Å². The largest absolute Gasteiger partial charge is 0.478 e. The number of anilines is 1. The fraction of sp³-hybridized carbons (Fsp3) is 0.222. The van der Waals surface area contributed by atoms with E-state index >= 15 is 0 Å². The molecule has 1 amide bonds. The van der Waals surface area contributed by atoms with E-state index in [9.17, 15) is 14.0 Å². The summed E-state index contributed by atoms with van der Waals surface area (Å²) in [7, 11) is 0. The first-order valence-electron chi connectivity index (χ1n) is 7.55. The number of carbonyl (C=O) groups is 2. The molecular formula is C18H15ClFNO3. The summed E-state index contributed by atoms with van der Waals surface area (Å²) in [6.45, 7) is 1.81. The van der Waals surface area contributed by atoms with Gasteiger partial charge in [-0.3, -0.25) is 9.59 Å². The molecule has 1 atom stereocenters. The molecule has 1 heterocycles. The van der Waals surface area contributed by atoms with Gasteiger partial charge in [0.2, 0.25) is 0 Å². The highest BCUT2D eigenvalue weighted by Gasteiger charge is 2.34. The number of fused-ring (bicyclic) bond motifs is 1. The van der Waals surface area contributed by atoms with Gasteiger partial charge in [0, 0.05) is 16.1 Å². The van der Waals surface area contributed by atoms with E-state index in [1.807, 2.05) is 6.92 Å². The molecule has 1 unspecified atom stereocenters. The van der Waals surface area contributed by atoms with E-state index in [4.69, 9.17) is 16.3 Å². The Morgan fingerprint density at radius 3 is 2.79 bits per heavy atom. The van der Waals surface area contributed by atoms with Crippen LogP contribution in [0.2, 0.25) is 5.02 Å². The van der Waals surface area contributed by atoms with Gasteiger partial charge in [0.15, 0.2) is 6.10 Å². The molecule has 0 saturated heterocycles. The molecule has 0 aromatic heterocycles. The van der Waals surface area contributed by atoms with Crippen LogP contribution in [0.25, 0.3) is 0 Å². The van der Waals surface area contributed by atoms with Crippen LogP contribution in [0.3, 0.4) is 0 Å². The van der Waals surface area contributed by atoms with E-state index in [1.54, 1.807) is 24.3 Å². The van der Waals surface area contributed by atoms with Crippen molar-refractivity contribution in [2.75, 3.05) is 4.90 Å². The first-order valence-corrected chi connectivity index (χ1v) is 7.93. The number of carbonyl (C=O) groups excluding carboxylic acids is 2. The second kappa shape index (κ2) is 6.61. The first-order chi connectivity index (χ1) is 11.5. The quantitative estimate of drug-likeness (QED) is 0.785. The van der Waals surface area contributed by atoms with Crippen molar-refractivity contribution in [1.29, 1.82) is 0 Å². The highest BCUT2D eigenvalue weighted by atomic mass is 35.5. The molecule has 0 bridgehead atoms. The molecule has 0 N–H and O–H groups in total. The number of benzene rings is 2. The van der Waals surface area contributed by atoms with Crippen molar-refractivity contribution < 1.29 is 18.7 Å². The van der Waals surface area contributed by atoms with E-state index < -0.39 is 11.9 Å². The van der Waals surface area contributed by atoms with Gasteiger partial charge in [-0.25, -0.2) is 4.39 Å². The molecule has 24 heavy (non-hydrogen) atoms. The fourth-order valence-corrected chi connectivity index (χ4v) is 2.90. The summed E-state index contributed by atoms with van der Waals surface area (Å²) in [5, 5.41) is 0.246. The molecule has 2 aromatic carbocycles. The minimum absolute atomic E-state index is 0.0283. The van der Waals surface area contributed by atoms with E-state index in [-0.39, 0.29) is 23.0 Å². The van der Waals surface area contributed by atoms with Gasteiger partial charge in [-0.1, -0.05) is 24.6 Å². The number of rotatable bonds is 4. The Bertz CT molecular complexity index is 789. The molecule has 0 radical (unpaired) electrons. The van der Waals surface area contributed by atoms with Crippen molar-refractivity contribution >= 4 is 29.5 Å². The Hall–Kier alpha value is -2.40. The molecule has 1 aliphatic heterocycles. The Morgan fingerprint density at radius 2 is 2.12 bits per heavy atom. The lowest BCUT2D eigenvalue weighted by Gasteiger charge is -2.34. The molecule has 124 valence electrons. The van der Waals surface area contributed by atoms with E-state index in [0.29, 0.717) is 29.7 Å². The number of aldehydes is 1. The van der Waals surface area contributed by atoms with E-state index in [0.717, 1.165) is 0 Å². The number of hydrogen-bond acceptors (Lipinski definition) is 3. The Morgan fingerprint density at radius 1 is 1.33 bits per heavy atom. The zero-order valence-corrected chi connectivity index (χ0v) is 13.7. The lowest BCUT2D eigenvalue weighted by Crippen LogP contribution is -2.45. The second-order valence-electron chi connectivity index (χ2n) is 5.48. The Balaban J connectivity index is 2.08. The van der Waals surface area contributed by atoms with Crippen molar-refractivity contribution in [2.45, 2.75) is 26.0 Å². The molecule has 6 heteroatoms. The second-order valence-corrected chi connectivity index (χ2v) is 5.89. The third-order valence-corrected chi connectivity index (χ3v) is 4.32. The average Bonchev–Trinajstić information content (AvgIpc) is 2.59. The highest BCUT2D eigenvalue weighted by molar-refractivity contribution is 6.31. The minimum Gasteiger partial charge on any atom is -0.478 e. The van der Waals surface area contributed by atoms with Crippen molar-refractivity contribution in [3.05, 3.63) is 58.4 Å². The van der Waals surface area contributed by atoms with Gasteiger partial charge >= 0.3 is 0 Å². The predicted octanol–water partition coefficient (Wildman–Crippen LogP) is 4.00. The molecule has 2 aromatic rings. The summed E-state index contributed by atoms with van der Waals surface area (Å²) < 4.78 is 19.8. The number of amides is 1. The van der Waals surface area contributed by atoms with E-state index in [1.165, 1.54) is 17.0 Å². The van der Waals surface area contributed by atoms with Crippen LogP contribution < -0.4 is 9.64 Å². The molecular weight excluding hydrogens is 333 g/mol. The summed E-state index contributed by atoms with van der Waals surface area (Å²) in [5.74, 6) is -0.283. The fourth-order valence-electron chi connectivity index (χ4n) is 2.68. The van der Waals surface area contributed by atoms with Crippen molar-refractivity contribution in [2.24, 2.45) is 0 Å². The molecule has 0 aliphatic carbocycles. The molecule has 0 spiro atoms. The summed E-state index contributed by atoms with van der Waals surface area (Å²) in [4.78, 5) is 25.2. The number of ether oxygens (including phenoxy) is 1. The van der Waals surface area contributed by atoms with Crippen molar-refractivity contribution in [1.82, 2.24) is 0 Å². The van der Waals surface area contributed by atoms with Crippen LogP contribution in [0.1, 0.15) is 29.3 Å². The van der Waals surface area contributed by atoms with Gasteiger partial charge in [-0.2, -0.15) is 0 Å². The molecule has 0 fully saturated rings.